The summed E-state index contributed by atoms with van der Waals surface area (Å²) in [5, 5.41) is 9.27. The molecule has 0 rings (SSSR count). The minimum atomic E-state index is -0.898. The van der Waals surface area contributed by atoms with E-state index in [4.69, 9.17) is 4.74 Å². The largest absolute Gasteiger partial charge is 0.358 e. The molecule has 0 saturated heterocycles. The Morgan fingerprint density at radius 1 is 1.36 bits per heavy atom. The topological polar surface area (TPSA) is 29.5 Å². The lowest BCUT2D eigenvalue weighted by Gasteiger charge is -2.07. The zero-order valence-electron chi connectivity index (χ0n) is 9.55. The molecule has 1 atom stereocenters. The van der Waals surface area contributed by atoms with Gasteiger partial charge in [0.15, 0.2) is 0 Å². The molecule has 2 nitrogen and oxygen atoms in total. The molecule has 0 heterocycles. The highest BCUT2D eigenvalue weighted by Crippen LogP contribution is 2.00. The summed E-state index contributed by atoms with van der Waals surface area (Å²) in [5.74, 6) is 6.18. The van der Waals surface area contributed by atoms with Crippen LogP contribution in [0.1, 0.15) is 46.5 Å². The Kier molecular flexibility index (Phi) is 8.72. The molecule has 2 heteroatoms. The van der Waals surface area contributed by atoms with Crippen molar-refractivity contribution in [3.8, 4) is 11.8 Å². The number of unbranched alkanes of at least 4 members (excludes halogenated alkanes) is 2. The Hall–Kier alpha value is -0.520. The van der Waals surface area contributed by atoms with Crippen LogP contribution in [-0.4, -0.2) is 18.0 Å². The maximum atomic E-state index is 9.27. The van der Waals surface area contributed by atoms with Crippen molar-refractivity contribution in [2.24, 2.45) is 5.92 Å². The lowest BCUT2D eigenvalue weighted by molar-refractivity contribution is -0.0600. The van der Waals surface area contributed by atoms with Crippen molar-refractivity contribution in [2.45, 2.75) is 52.7 Å². The number of hydrogen-bond donors (Lipinski definition) is 1. The number of hydrogen-bond acceptors (Lipinski definition) is 2. The molecular weight excluding hydrogens is 176 g/mol. The van der Waals surface area contributed by atoms with Gasteiger partial charge in [-0.05, 0) is 24.7 Å². The molecule has 0 fully saturated rings. The smallest absolute Gasteiger partial charge is 0.219 e. The Balaban J connectivity index is 3.42. The van der Waals surface area contributed by atoms with E-state index in [1.165, 1.54) is 0 Å². The molecule has 0 aromatic rings. The highest BCUT2D eigenvalue weighted by atomic mass is 16.6. The molecule has 0 radical (unpaired) electrons. The minimum Gasteiger partial charge on any atom is -0.358 e. The van der Waals surface area contributed by atoms with E-state index in [1.807, 2.05) is 0 Å². The summed E-state index contributed by atoms with van der Waals surface area (Å²) in [6.45, 7) is 6.96. The Bertz CT molecular complexity index is 176. The second kappa shape index (κ2) is 9.05. The summed E-state index contributed by atoms with van der Waals surface area (Å²) < 4.78 is 5.11. The van der Waals surface area contributed by atoms with E-state index in [2.05, 4.69) is 32.6 Å². The van der Waals surface area contributed by atoms with E-state index >= 15 is 0 Å². The second-order valence-corrected chi connectivity index (χ2v) is 3.83. The van der Waals surface area contributed by atoms with Crippen LogP contribution in [0.4, 0.5) is 0 Å². The zero-order valence-corrected chi connectivity index (χ0v) is 9.55. The predicted octanol–water partition coefficient (Wildman–Crippen LogP) is 2.56. The van der Waals surface area contributed by atoms with Crippen molar-refractivity contribution in [2.75, 3.05) is 6.61 Å². The Morgan fingerprint density at radius 3 is 2.64 bits per heavy atom. The molecule has 0 aromatic carbocycles. The molecule has 0 bridgehead atoms. The second-order valence-electron chi connectivity index (χ2n) is 3.83. The van der Waals surface area contributed by atoms with Gasteiger partial charge in [0, 0.05) is 6.42 Å². The molecule has 0 aliphatic heterocycles. The predicted molar refractivity (Wildman–Crippen MR) is 58.7 cm³/mol. The van der Waals surface area contributed by atoms with Crippen LogP contribution in [0.3, 0.4) is 0 Å². The Labute approximate surface area is 87.7 Å². The van der Waals surface area contributed by atoms with Crippen molar-refractivity contribution in [1.29, 1.82) is 0 Å². The van der Waals surface area contributed by atoms with Crippen molar-refractivity contribution in [3.05, 3.63) is 0 Å². The standard InChI is InChI=1S/C12H22O2/c1-4-5-6-7-8-12(13)14-10-9-11(2)3/h11-13H,4-6,9-10H2,1-3H3. The summed E-state index contributed by atoms with van der Waals surface area (Å²) in [5.41, 5.74) is 0. The van der Waals surface area contributed by atoms with Gasteiger partial charge in [0.1, 0.15) is 0 Å². The summed E-state index contributed by atoms with van der Waals surface area (Å²) in [6.07, 6.45) is 3.14. The van der Waals surface area contributed by atoms with Crippen LogP contribution in [0.2, 0.25) is 0 Å². The first-order valence-electron chi connectivity index (χ1n) is 5.44. The third-order valence-corrected chi connectivity index (χ3v) is 1.85. The third kappa shape index (κ3) is 9.57. The summed E-state index contributed by atoms with van der Waals surface area (Å²) in [6, 6.07) is 0. The van der Waals surface area contributed by atoms with Crippen LogP contribution in [0.5, 0.6) is 0 Å². The maximum Gasteiger partial charge on any atom is 0.219 e. The van der Waals surface area contributed by atoms with Crippen LogP contribution in [0.25, 0.3) is 0 Å². The van der Waals surface area contributed by atoms with Crippen LogP contribution < -0.4 is 0 Å². The first kappa shape index (κ1) is 13.5. The molecule has 0 saturated carbocycles. The van der Waals surface area contributed by atoms with Gasteiger partial charge in [-0.2, -0.15) is 0 Å². The summed E-state index contributed by atoms with van der Waals surface area (Å²) in [7, 11) is 0. The molecule has 0 aromatic heterocycles. The van der Waals surface area contributed by atoms with Gasteiger partial charge in [-0.1, -0.05) is 33.1 Å². The molecule has 0 spiro atoms. The molecule has 0 aliphatic rings. The van der Waals surface area contributed by atoms with Crippen molar-refractivity contribution in [1.82, 2.24) is 0 Å². The quantitative estimate of drug-likeness (QED) is 0.404. The molecular formula is C12H22O2. The van der Waals surface area contributed by atoms with Gasteiger partial charge in [0.05, 0.1) is 6.61 Å². The van der Waals surface area contributed by atoms with Gasteiger partial charge >= 0.3 is 0 Å². The molecule has 0 amide bonds. The fourth-order valence-corrected chi connectivity index (χ4v) is 0.882. The molecule has 1 unspecified atom stereocenters. The van der Waals surface area contributed by atoms with Crippen LogP contribution >= 0.6 is 0 Å². The maximum absolute atomic E-state index is 9.27. The Morgan fingerprint density at radius 2 is 2.07 bits per heavy atom. The number of aliphatic hydroxyl groups is 1. The van der Waals surface area contributed by atoms with E-state index in [0.29, 0.717) is 12.5 Å². The van der Waals surface area contributed by atoms with Gasteiger partial charge in [-0.3, -0.25) is 0 Å². The highest BCUT2D eigenvalue weighted by molar-refractivity contribution is 5.01. The normalized spacial score (nSPS) is 12.4. The molecule has 82 valence electrons. The van der Waals surface area contributed by atoms with E-state index in [1.54, 1.807) is 0 Å². The highest BCUT2D eigenvalue weighted by Gasteiger charge is 1.99. The minimum absolute atomic E-state index is 0.585. The number of aliphatic hydroxyl groups excluding tert-OH is 1. The van der Waals surface area contributed by atoms with Crippen molar-refractivity contribution in [3.63, 3.8) is 0 Å². The van der Waals surface area contributed by atoms with Gasteiger partial charge < -0.3 is 9.84 Å². The van der Waals surface area contributed by atoms with E-state index in [9.17, 15) is 5.11 Å². The van der Waals surface area contributed by atoms with Gasteiger partial charge in [-0.25, -0.2) is 0 Å². The van der Waals surface area contributed by atoms with Crippen molar-refractivity contribution < 1.29 is 9.84 Å². The number of rotatable bonds is 6. The molecule has 1 N–H and O–H groups in total. The van der Waals surface area contributed by atoms with E-state index in [-0.39, 0.29) is 0 Å². The fourth-order valence-electron chi connectivity index (χ4n) is 0.882. The summed E-state index contributed by atoms with van der Waals surface area (Å²) >= 11 is 0. The zero-order chi connectivity index (χ0) is 10.8. The number of ether oxygens (including phenoxy) is 1. The van der Waals surface area contributed by atoms with Gasteiger partial charge in [0.25, 0.3) is 0 Å². The lowest BCUT2D eigenvalue weighted by atomic mass is 10.1. The average molecular weight is 198 g/mol. The fraction of sp³-hybridized carbons (Fsp3) is 0.833. The van der Waals surface area contributed by atoms with Gasteiger partial charge in [-0.15, -0.1) is 0 Å². The van der Waals surface area contributed by atoms with Crippen LogP contribution in [-0.2, 0) is 4.74 Å². The van der Waals surface area contributed by atoms with Gasteiger partial charge in [0.2, 0.25) is 6.29 Å². The summed E-state index contributed by atoms with van der Waals surface area (Å²) in [4.78, 5) is 0. The van der Waals surface area contributed by atoms with Crippen molar-refractivity contribution >= 4 is 0 Å². The first-order chi connectivity index (χ1) is 6.66. The van der Waals surface area contributed by atoms with Crippen LogP contribution in [0, 0.1) is 17.8 Å². The molecule has 14 heavy (non-hydrogen) atoms. The molecule has 0 aliphatic carbocycles. The third-order valence-electron chi connectivity index (χ3n) is 1.85. The van der Waals surface area contributed by atoms with E-state index < -0.39 is 6.29 Å². The first-order valence-corrected chi connectivity index (χ1v) is 5.44. The SMILES string of the molecule is CCCCC#CC(O)OCCC(C)C. The van der Waals surface area contributed by atoms with E-state index in [0.717, 1.165) is 25.7 Å². The monoisotopic (exact) mass is 198 g/mol. The lowest BCUT2D eigenvalue weighted by Crippen LogP contribution is -2.11. The van der Waals surface area contributed by atoms with Crippen LogP contribution in [0.15, 0.2) is 0 Å². The average Bonchev–Trinajstić information content (AvgIpc) is 2.12.